The minimum Gasteiger partial charge on any atom is -0.459 e. The molecule has 0 heterocycles. The molecule has 0 amide bonds. The van der Waals surface area contributed by atoms with E-state index < -0.39 is 193 Å². The molecular weight excluding hydrogens is 1330 g/mol. The molecule has 0 aliphatic rings. The van der Waals surface area contributed by atoms with Crippen LogP contribution >= 0.6 is 0 Å². The highest BCUT2D eigenvalue weighted by Crippen LogP contribution is 2.69. The van der Waals surface area contributed by atoms with Crippen LogP contribution < -0.4 is 0 Å². The standard InChI is InChI=1S/C34H18F42O8/c1-9(77)83-11(5-15(35,36)17(39,40)19(43,44)21(47,48)23(51,52)25(55,56)27(59,60)29(63,64)31(67,68)33(71,72)73)7-81-13(79)3-4-14(80)82-8-12(84-10(2)78)6-16(37,38)18(41,42)20(45,46)22(49,50)24(53,54)26(57,58)28(61,62)30(65,66)32(69,70)34(74,75)76/h3-4,11-12H,5-8H2,1-2H3/b4-3-. The molecule has 0 bridgehead atoms. The van der Waals surface area contributed by atoms with E-state index in [2.05, 4.69) is 18.9 Å². The average Bonchev–Trinajstić information content (AvgIpc) is 3.26. The summed E-state index contributed by atoms with van der Waals surface area (Å²) in [5, 5.41) is 0. The molecule has 0 N–H and O–H groups in total. The summed E-state index contributed by atoms with van der Waals surface area (Å²) < 4.78 is 591. The van der Waals surface area contributed by atoms with Crippen molar-refractivity contribution in [3.05, 3.63) is 12.2 Å². The van der Waals surface area contributed by atoms with Crippen LogP contribution in [0.3, 0.4) is 0 Å². The zero-order valence-corrected chi connectivity index (χ0v) is 38.3. The molecule has 496 valence electrons. The molecule has 0 saturated heterocycles. The quantitative estimate of drug-likeness (QED) is 0.0330. The molecule has 2 atom stereocenters. The maximum atomic E-state index is 14.6. The summed E-state index contributed by atoms with van der Waals surface area (Å²) in [6.45, 7) is -5.27. The minimum atomic E-state index is -9.60. The predicted molar refractivity (Wildman–Crippen MR) is 173 cm³/mol. The van der Waals surface area contributed by atoms with Gasteiger partial charge in [-0.2, -0.15) is 184 Å². The number of hydrogen-bond acceptors (Lipinski definition) is 8. The van der Waals surface area contributed by atoms with Crippen LogP contribution in [0.5, 0.6) is 0 Å². The topological polar surface area (TPSA) is 105 Å². The molecule has 0 spiro atoms. The Labute approximate surface area is 430 Å². The zero-order chi connectivity index (χ0) is 68.5. The molecule has 0 saturated carbocycles. The third-order valence-corrected chi connectivity index (χ3v) is 9.96. The van der Waals surface area contributed by atoms with E-state index in [9.17, 15) is 204 Å². The summed E-state index contributed by atoms with van der Waals surface area (Å²) >= 11 is 0. The van der Waals surface area contributed by atoms with Crippen LogP contribution in [0.15, 0.2) is 12.2 Å². The molecule has 0 aromatic carbocycles. The van der Waals surface area contributed by atoms with Crippen molar-refractivity contribution in [3.63, 3.8) is 0 Å². The van der Waals surface area contributed by atoms with Crippen molar-refractivity contribution >= 4 is 23.9 Å². The van der Waals surface area contributed by atoms with Gasteiger partial charge in [-0.15, -0.1) is 0 Å². The van der Waals surface area contributed by atoms with Gasteiger partial charge < -0.3 is 18.9 Å². The predicted octanol–water partition coefficient (Wildman–Crippen LogP) is 13.8. The van der Waals surface area contributed by atoms with E-state index in [0.717, 1.165) is 0 Å². The first-order chi connectivity index (χ1) is 36.1. The van der Waals surface area contributed by atoms with E-state index in [4.69, 9.17) is 0 Å². The van der Waals surface area contributed by atoms with Crippen LogP contribution in [-0.4, -0.2) is 168 Å². The molecular formula is C34H18F42O8. The Morgan fingerprint density at radius 3 is 0.583 bits per heavy atom. The first-order valence-electron chi connectivity index (χ1n) is 19.4. The molecule has 0 radical (unpaired) electrons. The Bertz CT molecular complexity index is 2240. The Balaban J connectivity index is 6.79. The van der Waals surface area contributed by atoms with Crippen LogP contribution in [0, 0.1) is 0 Å². The Morgan fingerprint density at radius 1 is 0.274 bits per heavy atom. The van der Waals surface area contributed by atoms with E-state index in [1.165, 1.54) is 0 Å². The molecule has 0 aliphatic carbocycles. The lowest BCUT2D eigenvalue weighted by molar-refractivity contribution is -0.474. The maximum Gasteiger partial charge on any atom is 0.460 e. The number of carbonyl (C=O) groups is 4. The molecule has 8 nitrogen and oxygen atoms in total. The molecule has 0 rings (SSSR count). The summed E-state index contributed by atoms with van der Waals surface area (Å²) in [6.07, 6.45) is -33.0. The number of alkyl halides is 42. The molecule has 0 aromatic rings. The number of carbonyl (C=O) groups excluding carboxylic acids is 4. The lowest BCUT2D eigenvalue weighted by Crippen LogP contribution is -2.76. The minimum absolute atomic E-state index is 0.0795. The Kier molecular flexibility index (Phi) is 21.0. The highest BCUT2D eigenvalue weighted by atomic mass is 19.5. The van der Waals surface area contributed by atoms with Crippen molar-refractivity contribution in [1.29, 1.82) is 0 Å². The van der Waals surface area contributed by atoms with Gasteiger partial charge in [-0.05, 0) is 0 Å². The second-order valence-electron chi connectivity index (χ2n) is 16.1. The first kappa shape index (κ1) is 78.7. The van der Waals surface area contributed by atoms with Crippen molar-refractivity contribution in [2.24, 2.45) is 0 Å². The van der Waals surface area contributed by atoms with Crippen LogP contribution in [0.25, 0.3) is 0 Å². The van der Waals surface area contributed by atoms with E-state index >= 15 is 0 Å². The lowest BCUT2D eigenvalue weighted by Gasteiger charge is -2.44. The van der Waals surface area contributed by atoms with Gasteiger partial charge in [-0.1, -0.05) is 0 Å². The molecule has 0 fully saturated rings. The highest BCUT2D eigenvalue weighted by Gasteiger charge is 3.00. The maximum absolute atomic E-state index is 14.6. The van der Waals surface area contributed by atoms with Crippen LogP contribution in [-0.2, 0) is 38.1 Å². The van der Waals surface area contributed by atoms with Gasteiger partial charge in [0, 0.05) is 26.0 Å². The Morgan fingerprint density at radius 2 is 0.429 bits per heavy atom. The van der Waals surface area contributed by atoms with E-state index in [-0.39, 0.29) is 13.8 Å². The monoisotopic (exact) mass is 1350 g/mol. The summed E-state index contributed by atoms with van der Waals surface area (Å²) in [6, 6.07) is 0. The first-order valence-corrected chi connectivity index (χ1v) is 19.4. The third kappa shape index (κ3) is 12.2. The summed E-state index contributed by atoms with van der Waals surface area (Å²) in [5.74, 6) is -173. The summed E-state index contributed by atoms with van der Waals surface area (Å²) in [5.41, 5.74) is 0. The van der Waals surface area contributed by atoms with Gasteiger partial charge in [0.1, 0.15) is 25.4 Å². The smallest absolute Gasteiger partial charge is 0.459 e. The third-order valence-electron chi connectivity index (χ3n) is 9.96. The van der Waals surface area contributed by atoms with E-state index in [1.807, 2.05) is 0 Å². The van der Waals surface area contributed by atoms with Gasteiger partial charge in [0.15, 0.2) is 0 Å². The van der Waals surface area contributed by atoms with Gasteiger partial charge in [-0.25, -0.2) is 9.59 Å². The molecule has 2 unspecified atom stereocenters. The van der Waals surface area contributed by atoms with Crippen molar-refractivity contribution in [2.75, 3.05) is 13.2 Å². The van der Waals surface area contributed by atoms with Gasteiger partial charge in [0.2, 0.25) is 0 Å². The van der Waals surface area contributed by atoms with Crippen LogP contribution in [0.2, 0.25) is 0 Å². The Hall–Kier alpha value is -5.32. The lowest BCUT2D eigenvalue weighted by atomic mass is 9.85. The van der Waals surface area contributed by atoms with Crippen molar-refractivity contribution in [3.8, 4) is 0 Å². The van der Waals surface area contributed by atoms with Gasteiger partial charge in [0.05, 0.1) is 12.8 Å². The summed E-state index contributed by atoms with van der Waals surface area (Å²) in [4.78, 5) is 46.3. The molecule has 0 aromatic heterocycles. The molecule has 84 heavy (non-hydrogen) atoms. The van der Waals surface area contributed by atoms with Gasteiger partial charge in [0.25, 0.3) is 0 Å². The highest BCUT2D eigenvalue weighted by molar-refractivity contribution is 5.91. The van der Waals surface area contributed by atoms with Crippen molar-refractivity contribution in [2.45, 2.75) is 158 Å². The van der Waals surface area contributed by atoms with Crippen LogP contribution in [0.1, 0.15) is 26.7 Å². The number of hydrogen-bond donors (Lipinski definition) is 0. The normalized spacial score (nSPS) is 16.6. The number of halogens is 42. The molecule has 50 heteroatoms. The number of ether oxygens (including phenoxy) is 4. The fourth-order valence-corrected chi connectivity index (χ4v) is 5.33. The number of esters is 4. The fourth-order valence-electron chi connectivity index (χ4n) is 5.33. The SMILES string of the molecule is CC(=O)OC(COC(=O)/C=C\C(=O)OCC(CC(F)(F)C(F)(F)C(F)(F)C(F)(F)C(F)(F)C(F)(F)C(F)(F)C(F)(F)C(F)(F)C(F)(F)F)OC(C)=O)CC(F)(F)C(F)(F)C(F)(F)C(F)(F)C(F)(F)C(F)(F)C(F)(F)C(F)(F)C(F)(F)C(F)(F)F. The zero-order valence-electron chi connectivity index (χ0n) is 38.3. The fraction of sp³-hybridized carbons (Fsp3) is 0.824. The summed E-state index contributed by atoms with van der Waals surface area (Å²) in [7, 11) is 0. The van der Waals surface area contributed by atoms with Gasteiger partial charge >= 0.3 is 143 Å². The van der Waals surface area contributed by atoms with Crippen molar-refractivity contribution < 1.29 is 223 Å². The van der Waals surface area contributed by atoms with E-state index in [1.54, 1.807) is 0 Å². The molecule has 0 aliphatic heterocycles. The second-order valence-corrected chi connectivity index (χ2v) is 16.1. The largest absolute Gasteiger partial charge is 0.460 e. The second kappa shape index (κ2) is 22.4. The van der Waals surface area contributed by atoms with Crippen LogP contribution in [0.4, 0.5) is 184 Å². The average molecular weight is 1350 g/mol. The van der Waals surface area contributed by atoms with E-state index in [0.29, 0.717) is 0 Å². The van der Waals surface area contributed by atoms with Gasteiger partial charge in [-0.3, -0.25) is 9.59 Å². The van der Waals surface area contributed by atoms with Crippen molar-refractivity contribution in [1.82, 2.24) is 0 Å². The number of rotatable bonds is 28.